The summed E-state index contributed by atoms with van der Waals surface area (Å²) in [5, 5.41) is 0. The van der Waals surface area contributed by atoms with Crippen LogP contribution in [0.2, 0.25) is 0 Å². The van der Waals surface area contributed by atoms with Crippen molar-refractivity contribution in [1.82, 2.24) is 0 Å². The normalized spacial score (nSPS) is 34.5. The van der Waals surface area contributed by atoms with Crippen LogP contribution >= 0.6 is 0 Å². The number of hydrogen-bond acceptors (Lipinski definition) is 2. The second-order valence-corrected chi connectivity index (χ2v) is 3.89. The van der Waals surface area contributed by atoms with Crippen LogP contribution in [0.15, 0.2) is 0 Å². The molecular weight excluding hydrogens is 195 g/mol. The van der Waals surface area contributed by atoms with Gasteiger partial charge in [0.1, 0.15) is 5.54 Å². The summed E-state index contributed by atoms with van der Waals surface area (Å²) in [5.74, 6) is 0. The zero-order valence-electron chi connectivity index (χ0n) is 8.23. The molecule has 84 valence electrons. The summed E-state index contributed by atoms with van der Waals surface area (Å²) in [6.07, 6.45) is -3.42. The highest BCUT2D eigenvalue weighted by atomic mass is 19.4. The lowest BCUT2D eigenvalue weighted by molar-refractivity contribution is -0.214. The molecule has 0 saturated carbocycles. The Morgan fingerprint density at radius 2 is 2.14 bits per heavy atom. The van der Waals surface area contributed by atoms with E-state index in [1.165, 1.54) is 0 Å². The predicted molar refractivity (Wildman–Crippen MR) is 46.9 cm³/mol. The fourth-order valence-electron chi connectivity index (χ4n) is 1.74. The van der Waals surface area contributed by atoms with E-state index in [4.69, 9.17) is 10.5 Å². The first-order valence-electron chi connectivity index (χ1n) is 4.86. The highest BCUT2D eigenvalue weighted by Crippen LogP contribution is 2.38. The number of ether oxygens (including phenoxy) is 1. The van der Waals surface area contributed by atoms with Crippen molar-refractivity contribution < 1.29 is 17.9 Å². The van der Waals surface area contributed by atoms with E-state index < -0.39 is 11.7 Å². The van der Waals surface area contributed by atoms with Crippen LogP contribution in [0, 0.1) is 0 Å². The van der Waals surface area contributed by atoms with Crippen LogP contribution in [-0.2, 0) is 4.74 Å². The molecule has 0 aromatic heterocycles. The van der Waals surface area contributed by atoms with Crippen molar-refractivity contribution >= 4 is 0 Å². The Labute approximate surface area is 81.6 Å². The highest BCUT2D eigenvalue weighted by molar-refractivity contribution is 4.96. The monoisotopic (exact) mass is 211 g/mol. The molecule has 1 rings (SSSR count). The summed E-state index contributed by atoms with van der Waals surface area (Å²) in [6.45, 7) is 2.03. The molecule has 2 unspecified atom stereocenters. The largest absolute Gasteiger partial charge is 0.406 e. The van der Waals surface area contributed by atoms with Gasteiger partial charge in [0.2, 0.25) is 0 Å². The Morgan fingerprint density at radius 3 is 2.64 bits per heavy atom. The molecule has 1 heterocycles. The zero-order valence-corrected chi connectivity index (χ0v) is 8.23. The molecule has 0 aromatic rings. The van der Waals surface area contributed by atoms with Crippen molar-refractivity contribution in [2.45, 2.75) is 50.4 Å². The first kappa shape index (κ1) is 11.8. The van der Waals surface area contributed by atoms with Crippen molar-refractivity contribution in [3.63, 3.8) is 0 Å². The first-order chi connectivity index (χ1) is 6.39. The minimum Gasteiger partial charge on any atom is -0.378 e. The van der Waals surface area contributed by atoms with E-state index in [2.05, 4.69) is 0 Å². The Hall–Kier alpha value is -0.290. The molecule has 0 spiro atoms. The minimum atomic E-state index is -4.32. The van der Waals surface area contributed by atoms with Gasteiger partial charge in [-0.05, 0) is 12.8 Å². The number of hydrogen-bond donors (Lipinski definition) is 1. The molecule has 2 nitrogen and oxygen atoms in total. The van der Waals surface area contributed by atoms with Gasteiger partial charge >= 0.3 is 6.18 Å². The number of alkyl halides is 3. The van der Waals surface area contributed by atoms with Crippen molar-refractivity contribution in [3.8, 4) is 0 Å². The van der Waals surface area contributed by atoms with Crippen LogP contribution in [0.1, 0.15) is 32.6 Å². The lowest BCUT2D eigenvalue weighted by atomic mass is 9.86. The van der Waals surface area contributed by atoms with Crippen LogP contribution in [0.4, 0.5) is 13.2 Å². The number of rotatable bonds is 2. The quantitative estimate of drug-likeness (QED) is 0.760. The van der Waals surface area contributed by atoms with Gasteiger partial charge in [-0.3, -0.25) is 0 Å². The summed E-state index contributed by atoms with van der Waals surface area (Å²) < 4.78 is 42.9. The van der Waals surface area contributed by atoms with Gasteiger partial charge in [-0.25, -0.2) is 0 Å². The molecule has 1 aliphatic heterocycles. The van der Waals surface area contributed by atoms with E-state index in [-0.39, 0.29) is 25.6 Å². The summed E-state index contributed by atoms with van der Waals surface area (Å²) in [4.78, 5) is 0. The summed E-state index contributed by atoms with van der Waals surface area (Å²) >= 11 is 0. The maximum Gasteiger partial charge on any atom is 0.406 e. The molecule has 2 atom stereocenters. The maximum atomic E-state index is 12.6. The van der Waals surface area contributed by atoms with Gasteiger partial charge in [0.25, 0.3) is 0 Å². The van der Waals surface area contributed by atoms with E-state index in [0.29, 0.717) is 6.42 Å². The van der Waals surface area contributed by atoms with Crippen LogP contribution in [-0.4, -0.2) is 24.4 Å². The van der Waals surface area contributed by atoms with Gasteiger partial charge in [-0.15, -0.1) is 0 Å². The summed E-state index contributed by atoms with van der Waals surface area (Å²) in [6, 6.07) is 0. The molecule has 0 bridgehead atoms. The van der Waals surface area contributed by atoms with Gasteiger partial charge in [0.15, 0.2) is 0 Å². The van der Waals surface area contributed by atoms with E-state index in [0.717, 1.165) is 6.42 Å². The standard InChI is InChI=1S/C9H16F3NO/c1-2-3-7-6-8(13,4-5-14-7)9(10,11)12/h7H,2-6,13H2,1H3. The van der Waals surface area contributed by atoms with E-state index in [1.807, 2.05) is 6.92 Å². The minimum absolute atomic E-state index is 0.107. The lowest BCUT2D eigenvalue weighted by Gasteiger charge is -2.39. The maximum absolute atomic E-state index is 12.6. The Kier molecular flexibility index (Phi) is 3.42. The third-order valence-electron chi connectivity index (χ3n) is 2.67. The van der Waals surface area contributed by atoms with Crippen molar-refractivity contribution in [3.05, 3.63) is 0 Å². The molecule has 0 amide bonds. The van der Waals surface area contributed by atoms with Gasteiger partial charge in [-0.1, -0.05) is 13.3 Å². The fourth-order valence-corrected chi connectivity index (χ4v) is 1.74. The third-order valence-corrected chi connectivity index (χ3v) is 2.67. The molecule has 2 N–H and O–H groups in total. The second kappa shape index (κ2) is 4.06. The lowest BCUT2D eigenvalue weighted by Crippen LogP contribution is -2.58. The smallest absolute Gasteiger partial charge is 0.378 e. The third kappa shape index (κ3) is 2.39. The average Bonchev–Trinajstić information content (AvgIpc) is 2.03. The Bertz CT molecular complexity index is 193. The molecule has 0 aromatic carbocycles. The molecule has 1 fully saturated rings. The summed E-state index contributed by atoms with van der Waals surface area (Å²) in [7, 11) is 0. The van der Waals surface area contributed by atoms with E-state index >= 15 is 0 Å². The van der Waals surface area contributed by atoms with E-state index in [9.17, 15) is 13.2 Å². The zero-order chi connectivity index (χ0) is 10.8. The highest BCUT2D eigenvalue weighted by Gasteiger charge is 2.53. The number of nitrogens with two attached hydrogens (primary N) is 1. The molecule has 0 aliphatic carbocycles. The van der Waals surface area contributed by atoms with Gasteiger partial charge in [0.05, 0.1) is 6.10 Å². The fraction of sp³-hybridized carbons (Fsp3) is 1.00. The molecule has 14 heavy (non-hydrogen) atoms. The average molecular weight is 211 g/mol. The first-order valence-corrected chi connectivity index (χ1v) is 4.86. The summed E-state index contributed by atoms with van der Waals surface area (Å²) in [5.41, 5.74) is 3.32. The second-order valence-electron chi connectivity index (χ2n) is 3.89. The predicted octanol–water partition coefficient (Wildman–Crippen LogP) is 2.23. The van der Waals surface area contributed by atoms with Crippen molar-refractivity contribution in [1.29, 1.82) is 0 Å². The van der Waals surface area contributed by atoms with Crippen molar-refractivity contribution in [2.75, 3.05) is 6.61 Å². The number of halogens is 3. The Morgan fingerprint density at radius 1 is 1.50 bits per heavy atom. The van der Waals surface area contributed by atoms with Crippen molar-refractivity contribution in [2.24, 2.45) is 5.73 Å². The van der Waals surface area contributed by atoms with E-state index in [1.54, 1.807) is 0 Å². The van der Waals surface area contributed by atoms with Crippen LogP contribution in [0.25, 0.3) is 0 Å². The molecule has 1 saturated heterocycles. The molecular formula is C9H16F3NO. The SMILES string of the molecule is CCCC1CC(N)(C(F)(F)F)CCO1. The topological polar surface area (TPSA) is 35.2 Å². The van der Waals surface area contributed by atoms with Gasteiger partial charge in [0, 0.05) is 13.0 Å². The molecule has 0 radical (unpaired) electrons. The van der Waals surface area contributed by atoms with Gasteiger partial charge in [-0.2, -0.15) is 13.2 Å². The Balaban J connectivity index is 2.62. The molecule has 5 heteroatoms. The van der Waals surface area contributed by atoms with Crippen LogP contribution < -0.4 is 5.73 Å². The van der Waals surface area contributed by atoms with Crippen LogP contribution in [0.5, 0.6) is 0 Å². The molecule has 1 aliphatic rings. The van der Waals surface area contributed by atoms with Gasteiger partial charge < -0.3 is 10.5 Å². The van der Waals surface area contributed by atoms with Crippen LogP contribution in [0.3, 0.4) is 0 Å².